The number of aldehydes is 1. The maximum Gasteiger partial charge on any atom is 0.260 e. The molecule has 6 heteroatoms. The third kappa shape index (κ3) is 3.96. The van der Waals surface area contributed by atoms with Crippen molar-refractivity contribution in [3.63, 3.8) is 0 Å². The molecule has 0 aliphatic heterocycles. The van der Waals surface area contributed by atoms with Crippen LogP contribution < -0.4 is 9.47 Å². The summed E-state index contributed by atoms with van der Waals surface area (Å²) in [6.07, 6.45) is 0.720. The van der Waals surface area contributed by atoms with Crippen LogP contribution in [-0.2, 0) is 4.79 Å². The van der Waals surface area contributed by atoms with Crippen molar-refractivity contribution in [2.45, 2.75) is 13.8 Å². The Labute approximate surface area is 127 Å². The molecule has 0 fully saturated rings. The minimum absolute atomic E-state index is 0.0723. The Balaban J connectivity index is 2.87. The van der Waals surface area contributed by atoms with E-state index < -0.39 is 0 Å². The summed E-state index contributed by atoms with van der Waals surface area (Å²) in [5, 5.41) is 0. The second-order valence-electron chi connectivity index (χ2n) is 4.01. The lowest BCUT2D eigenvalue weighted by atomic mass is 10.2. The van der Waals surface area contributed by atoms with Crippen molar-refractivity contribution < 1.29 is 19.1 Å². The second kappa shape index (κ2) is 7.89. The van der Waals surface area contributed by atoms with Gasteiger partial charge in [0, 0.05) is 18.7 Å². The van der Waals surface area contributed by atoms with Crippen molar-refractivity contribution >= 4 is 28.1 Å². The van der Waals surface area contributed by atoms with Crippen LogP contribution in [0.2, 0.25) is 0 Å². The highest BCUT2D eigenvalue weighted by molar-refractivity contribution is 9.10. The number of likely N-dealkylation sites (N-methyl/N-ethyl adjacent to an activating group) is 1. The molecule has 20 heavy (non-hydrogen) atoms. The molecule has 0 atom stereocenters. The quantitative estimate of drug-likeness (QED) is 0.714. The third-order valence-electron chi connectivity index (χ3n) is 2.84. The molecular formula is C14H18BrNO4. The standard InChI is InChI=1S/C14H18BrNO4/c1-4-16(5-2)13(18)9-20-14-11(15)6-10(8-17)7-12(14)19-3/h6-8H,4-5,9H2,1-3H3. The monoisotopic (exact) mass is 343 g/mol. The van der Waals surface area contributed by atoms with E-state index in [9.17, 15) is 9.59 Å². The average Bonchev–Trinajstić information content (AvgIpc) is 2.46. The van der Waals surface area contributed by atoms with Crippen LogP contribution in [-0.4, -0.2) is 43.9 Å². The van der Waals surface area contributed by atoms with Crippen LogP contribution in [0.15, 0.2) is 16.6 Å². The summed E-state index contributed by atoms with van der Waals surface area (Å²) in [5.41, 5.74) is 0.469. The fourth-order valence-corrected chi connectivity index (χ4v) is 2.32. The van der Waals surface area contributed by atoms with Crippen molar-refractivity contribution in [3.05, 3.63) is 22.2 Å². The number of hydrogen-bond donors (Lipinski definition) is 0. The van der Waals surface area contributed by atoms with Crippen LogP contribution in [0.5, 0.6) is 11.5 Å². The topological polar surface area (TPSA) is 55.8 Å². The minimum Gasteiger partial charge on any atom is -0.493 e. The van der Waals surface area contributed by atoms with Crippen LogP contribution in [0.4, 0.5) is 0 Å². The summed E-state index contributed by atoms with van der Waals surface area (Å²) < 4.78 is 11.3. The lowest BCUT2D eigenvalue weighted by molar-refractivity contribution is -0.133. The van der Waals surface area contributed by atoms with Gasteiger partial charge in [-0.05, 0) is 41.9 Å². The summed E-state index contributed by atoms with van der Waals surface area (Å²) in [5.74, 6) is 0.732. The number of carbonyl (C=O) groups excluding carboxylic acids is 2. The largest absolute Gasteiger partial charge is 0.493 e. The van der Waals surface area contributed by atoms with E-state index in [0.29, 0.717) is 34.6 Å². The summed E-state index contributed by atoms with van der Waals surface area (Å²) in [4.78, 5) is 24.4. The Kier molecular flexibility index (Phi) is 6.51. The van der Waals surface area contributed by atoms with Crippen molar-refractivity contribution in [3.8, 4) is 11.5 Å². The van der Waals surface area contributed by atoms with Gasteiger partial charge >= 0.3 is 0 Å². The molecule has 0 unspecified atom stereocenters. The highest BCUT2D eigenvalue weighted by Gasteiger charge is 2.15. The van der Waals surface area contributed by atoms with E-state index in [1.807, 2.05) is 13.8 Å². The third-order valence-corrected chi connectivity index (χ3v) is 3.43. The molecule has 1 rings (SSSR count). The van der Waals surface area contributed by atoms with Crippen LogP contribution >= 0.6 is 15.9 Å². The molecule has 1 aromatic rings. The summed E-state index contributed by atoms with van der Waals surface area (Å²) >= 11 is 3.31. The van der Waals surface area contributed by atoms with Gasteiger partial charge in [0.25, 0.3) is 5.91 Å². The number of carbonyl (C=O) groups is 2. The Bertz CT molecular complexity index is 486. The summed E-state index contributed by atoms with van der Waals surface area (Å²) in [7, 11) is 1.48. The number of ether oxygens (including phenoxy) is 2. The first-order chi connectivity index (χ1) is 9.57. The molecule has 1 aromatic carbocycles. The first-order valence-corrected chi connectivity index (χ1v) is 7.09. The number of halogens is 1. The van der Waals surface area contributed by atoms with E-state index in [-0.39, 0.29) is 12.5 Å². The fourth-order valence-electron chi connectivity index (χ4n) is 1.75. The zero-order valence-electron chi connectivity index (χ0n) is 11.8. The van der Waals surface area contributed by atoms with Crippen LogP contribution in [0, 0.1) is 0 Å². The molecule has 0 heterocycles. The molecule has 0 aliphatic rings. The Morgan fingerprint density at radius 3 is 2.50 bits per heavy atom. The van der Waals surface area contributed by atoms with Crippen molar-refractivity contribution in [1.29, 1.82) is 0 Å². The minimum atomic E-state index is -0.0941. The Morgan fingerprint density at radius 2 is 2.00 bits per heavy atom. The van der Waals surface area contributed by atoms with Crippen molar-refractivity contribution in [2.24, 2.45) is 0 Å². The predicted octanol–water partition coefficient (Wildman–Crippen LogP) is 2.52. The molecule has 0 aliphatic carbocycles. The van der Waals surface area contributed by atoms with E-state index in [1.54, 1.807) is 17.0 Å². The number of amides is 1. The molecule has 0 saturated heterocycles. The first kappa shape index (κ1) is 16.5. The molecule has 5 nitrogen and oxygen atoms in total. The van der Waals surface area contributed by atoms with E-state index in [1.165, 1.54) is 7.11 Å². The maximum atomic E-state index is 11.9. The van der Waals surface area contributed by atoms with Gasteiger partial charge in [0.2, 0.25) is 0 Å². The van der Waals surface area contributed by atoms with Gasteiger partial charge in [0.05, 0.1) is 11.6 Å². The number of hydrogen-bond acceptors (Lipinski definition) is 4. The zero-order valence-corrected chi connectivity index (χ0v) is 13.4. The lowest BCUT2D eigenvalue weighted by Gasteiger charge is -2.19. The maximum absolute atomic E-state index is 11.9. The van der Waals surface area contributed by atoms with Crippen LogP contribution in [0.3, 0.4) is 0 Å². The number of benzene rings is 1. The van der Waals surface area contributed by atoms with Gasteiger partial charge in [0.1, 0.15) is 6.29 Å². The van der Waals surface area contributed by atoms with Gasteiger partial charge in [0.15, 0.2) is 18.1 Å². The second-order valence-corrected chi connectivity index (χ2v) is 4.86. The highest BCUT2D eigenvalue weighted by Crippen LogP contribution is 2.36. The predicted molar refractivity (Wildman–Crippen MR) is 79.5 cm³/mol. The first-order valence-electron chi connectivity index (χ1n) is 6.30. The van der Waals surface area contributed by atoms with Gasteiger partial charge in [-0.1, -0.05) is 0 Å². The fraction of sp³-hybridized carbons (Fsp3) is 0.429. The van der Waals surface area contributed by atoms with Gasteiger partial charge in [-0.2, -0.15) is 0 Å². The zero-order chi connectivity index (χ0) is 15.1. The van der Waals surface area contributed by atoms with E-state index in [2.05, 4.69) is 15.9 Å². The van der Waals surface area contributed by atoms with Crippen molar-refractivity contribution in [2.75, 3.05) is 26.8 Å². The van der Waals surface area contributed by atoms with Gasteiger partial charge in [-0.3, -0.25) is 9.59 Å². The molecule has 0 saturated carbocycles. The molecule has 0 N–H and O–H groups in total. The van der Waals surface area contributed by atoms with Crippen molar-refractivity contribution in [1.82, 2.24) is 4.90 Å². The van der Waals surface area contributed by atoms with Crippen LogP contribution in [0.1, 0.15) is 24.2 Å². The van der Waals surface area contributed by atoms with E-state index in [4.69, 9.17) is 9.47 Å². The summed E-state index contributed by atoms with van der Waals surface area (Å²) in [6.45, 7) is 5.03. The van der Waals surface area contributed by atoms with Gasteiger partial charge in [-0.25, -0.2) is 0 Å². The van der Waals surface area contributed by atoms with Gasteiger partial charge in [-0.15, -0.1) is 0 Å². The van der Waals surface area contributed by atoms with E-state index in [0.717, 1.165) is 6.29 Å². The number of methoxy groups -OCH3 is 1. The number of nitrogens with zero attached hydrogens (tertiary/aromatic N) is 1. The summed E-state index contributed by atoms with van der Waals surface area (Å²) in [6, 6.07) is 3.18. The average molecular weight is 344 g/mol. The number of rotatable bonds is 7. The lowest BCUT2D eigenvalue weighted by Crippen LogP contribution is -2.34. The molecule has 110 valence electrons. The molecule has 1 amide bonds. The Morgan fingerprint density at radius 1 is 1.35 bits per heavy atom. The normalized spacial score (nSPS) is 10.0. The smallest absolute Gasteiger partial charge is 0.260 e. The Hall–Kier alpha value is -1.56. The van der Waals surface area contributed by atoms with E-state index >= 15 is 0 Å². The molecule has 0 radical (unpaired) electrons. The molecule has 0 spiro atoms. The molecule has 0 aromatic heterocycles. The van der Waals surface area contributed by atoms with Gasteiger partial charge < -0.3 is 14.4 Å². The van der Waals surface area contributed by atoms with Crippen LogP contribution in [0.25, 0.3) is 0 Å². The molecular weight excluding hydrogens is 326 g/mol. The SMILES string of the molecule is CCN(CC)C(=O)COc1c(Br)cc(C=O)cc1OC. The molecule has 0 bridgehead atoms. The highest BCUT2D eigenvalue weighted by atomic mass is 79.9.